The van der Waals surface area contributed by atoms with Crippen LogP contribution in [0.2, 0.25) is 0 Å². The summed E-state index contributed by atoms with van der Waals surface area (Å²) in [5.41, 5.74) is 2.83. The minimum Gasteiger partial charge on any atom is -0.490 e. The van der Waals surface area contributed by atoms with Crippen molar-refractivity contribution < 1.29 is 34.1 Å². The first-order valence-corrected chi connectivity index (χ1v) is 13.7. The van der Waals surface area contributed by atoms with Crippen molar-refractivity contribution in [2.45, 2.75) is 20.5 Å². The van der Waals surface area contributed by atoms with E-state index >= 15 is 0 Å². The number of aliphatic imine (C=N–C) groups is 1. The summed E-state index contributed by atoms with van der Waals surface area (Å²) in [6.07, 6.45) is 1.73. The molecule has 0 aromatic heterocycles. The maximum absolute atomic E-state index is 13.0. The molecule has 0 radical (unpaired) electrons. The van der Waals surface area contributed by atoms with Crippen LogP contribution >= 0.6 is 27.7 Å². The second kappa shape index (κ2) is 12.4. The molecule has 0 atom stereocenters. The molecule has 0 spiro atoms. The average molecular weight is 625 g/mol. The Morgan fingerprint density at radius 1 is 1.07 bits per heavy atom. The molecule has 2 N–H and O–H groups in total. The van der Waals surface area contributed by atoms with Gasteiger partial charge in [-0.25, -0.2) is 14.6 Å². The monoisotopic (exact) mass is 624 g/mol. The number of benzene rings is 3. The molecule has 9 nitrogen and oxygen atoms in total. The summed E-state index contributed by atoms with van der Waals surface area (Å²) >= 11 is 4.74. The fourth-order valence-electron chi connectivity index (χ4n) is 3.86. The quantitative estimate of drug-likeness (QED) is 0.263. The van der Waals surface area contributed by atoms with E-state index < -0.39 is 11.9 Å². The molecular formula is C29H25BrN2O7S. The summed E-state index contributed by atoms with van der Waals surface area (Å²) in [5.74, 6) is -1.32. The second-order valence-electron chi connectivity index (χ2n) is 8.68. The number of ether oxygens (including phenoxy) is 2. The summed E-state index contributed by atoms with van der Waals surface area (Å²) in [7, 11) is 1.62. The number of carbonyl (C=O) groups is 3. The lowest BCUT2D eigenvalue weighted by molar-refractivity contribution is -0.121. The fraction of sp³-hybridized carbons (Fsp3) is 0.172. The molecule has 1 fully saturated rings. The first-order chi connectivity index (χ1) is 19.1. The third kappa shape index (κ3) is 6.37. The van der Waals surface area contributed by atoms with E-state index in [1.807, 2.05) is 13.0 Å². The number of hydrogen-bond donors (Lipinski definition) is 2. The maximum atomic E-state index is 13.0. The minimum absolute atomic E-state index is 0.155. The summed E-state index contributed by atoms with van der Waals surface area (Å²) in [6.45, 7) is 4.12. The van der Waals surface area contributed by atoms with E-state index in [9.17, 15) is 19.5 Å². The first-order valence-electron chi connectivity index (χ1n) is 12.1. The van der Waals surface area contributed by atoms with Gasteiger partial charge in [0, 0.05) is 7.05 Å². The van der Waals surface area contributed by atoms with Gasteiger partial charge in [0.05, 0.1) is 32.8 Å². The van der Waals surface area contributed by atoms with Crippen LogP contribution in [0.4, 0.5) is 5.69 Å². The van der Waals surface area contributed by atoms with Crippen molar-refractivity contribution in [2.24, 2.45) is 4.99 Å². The van der Waals surface area contributed by atoms with Gasteiger partial charge in [-0.15, -0.1) is 0 Å². The molecule has 1 heterocycles. The Hall–Kier alpha value is -4.09. The third-order valence-electron chi connectivity index (χ3n) is 5.97. The van der Waals surface area contributed by atoms with E-state index in [1.54, 1.807) is 50.4 Å². The lowest BCUT2D eigenvalue weighted by Crippen LogP contribution is -2.23. The Morgan fingerprint density at radius 3 is 2.45 bits per heavy atom. The molecule has 1 amide bonds. The van der Waals surface area contributed by atoms with Gasteiger partial charge in [0.15, 0.2) is 16.7 Å². The number of carboxylic acids is 2. The fourth-order valence-corrected chi connectivity index (χ4v) is 5.41. The van der Waals surface area contributed by atoms with Gasteiger partial charge in [-0.2, -0.15) is 0 Å². The molecule has 0 saturated carbocycles. The van der Waals surface area contributed by atoms with Crippen molar-refractivity contribution in [1.29, 1.82) is 0 Å². The van der Waals surface area contributed by atoms with E-state index in [0.29, 0.717) is 49.5 Å². The molecule has 206 valence electrons. The molecule has 3 aromatic carbocycles. The molecule has 0 unspecified atom stereocenters. The minimum atomic E-state index is -1.04. The zero-order chi connectivity index (χ0) is 29.0. The number of thioether (sulfide) groups is 1. The van der Waals surface area contributed by atoms with Crippen molar-refractivity contribution in [3.63, 3.8) is 0 Å². The predicted molar refractivity (Wildman–Crippen MR) is 157 cm³/mol. The predicted octanol–water partition coefficient (Wildman–Crippen LogP) is 6.37. The second-order valence-corrected chi connectivity index (χ2v) is 10.5. The molecule has 0 aliphatic carbocycles. The molecule has 40 heavy (non-hydrogen) atoms. The number of carboxylic acid groups (broad SMARTS) is 2. The highest BCUT2D eigenvalue weighted by molar-refractivity contribution is 9.10. The van der Waals surface area contributed by atoms with Gasteiger partial charge >= 0.3 is 11.9 Å². The average Bonchev–Trinajstić information content (AvgIpc) is 3.17. The highest BCUT2D eigenvalue weighted by atomic mass is 79.9. The molecule has 1 aliphatic heterocycles. The van der Waals surface area contributed by atoms with E-state index in [0.717, 1.165) is 5.56 Å². The number of carbonyl (C=O) groups excluding carboxylic acids is 1. The number of amides is 1. The van der Waals surface area contributed by atoms with Crippen LogP contribution in [0.25, 0.3) is 6.08 Å². The highest BCUT2D eigenvalue weighted by Gasteiger charge is 2.31. The van der Waals surface area contributed by atoms with Crippen LogP contribution in [0.5, 0.6) is 11.5 Å². The SMILES string of the molecule is CCOc1cc(/C=C2\SC(=Nc3cccc(C(=O)O)c3C)N(C)C2=O)cc(Br)c1OCc1ccc(C(=O)O)cc1. The normalized spacial score (nSPS) is 15.1. The van der Waals surface area contributed by atoms with Crippen LogP contribution in [0.3, 0.4) is 0 Å². The topological polar surface area (TPSA) is 126 Å². The van der Waals surface area contributed by atoms with Gasteiger partial charge in [-0.05, 0) is 101 Å². The van der Waals surface area contributed by atoms with E-state index in [1.165, 1.54) is 34.9 Å². The van der Waals surface area contributed by atoms with Crippen molar-refractivity contribution in [3.05, 3.63) is 91.8 Å². The Bertz CT molecular complexity index is 1550. The van der Waals surface area contributed by atoms with Crippen molar-refractivity contribution in [2.75, 3.05) is 13.7 Å². The highest BCUT2D eigenvalue weighted by Crippen LogP contribution is 2.40. The summed E-state index contributed by atoms with van der Waals surface area (Å²) in [5, 5.41) is 18.9. The van der Waals surface area contributed by atoms with Crippen LogP contribution in [0, 0.1) is 6.92 Å². The molecule has 4 rings (SSSR count). The van der Waals surface area contributed by atoms with Crippen molar-refractivity contribution in [1.82, 2.24) is 4.90 Å². The lowest BCUT2D eigenvalue weighted by atomic mass is 10.1. The van der Waals surface area contributed by atoms with Gasteiger partial charge in [0.25, 0.3) is 5.91 Å². The number of hydrogen-bond acceptors (Lipinski definition) is 7. The Balaban J connectivity index is 1.59. The number of likely N-dealkylation sites (N-methyl/N-ethyl adjacent to an activating group) is 1. The van der Waals surface area contributed by atoms with Crippen LogP contribution in [-0.2, 0) is 11.4 Å². The van der Waals surface area contributed by atoms with Crippen molar-refractivity contribution in [3.8, 4) is 11.5 Å². The lowest BCUT2D eigenvalue weighted by Gasteiger charge is -2.15. The Morgan fingerprint density at radius 2 is 1.80 bits per heavy atom. The van der Waals surface area contributed by atoms with E-state index in [2.05, 4.69) is 20.9 Å². The van der Waals surface area contributed by atoms with Crippen LogP contribution in [-0.4, -0.2) is 51.8 Å². The number of amidine groups is 1. The Labute approximate surface area is 243 Å². The Kier molecular flexibility index (Phi) is 8.96. The van der Waals surface area contributed by atoms with Crippen LogP contribution < -0.4 is 9.47 Å². The number of halogens is 1. The third-order valence-corrected chi connectivity index (χ3v) is 7.62. The van der Waals surface area contributed by atoms with E-state index in [-0.39, 0.29) is 23.6 Å². The zero-order valence-corrected chi connectivity index (χ0v) is 24.2. The largest absolute Gasteiger partial charge is 0.490 e. The molecule has 0 bridgehead atoms. The van der Waals surface area contributed by atoms with Crippen LogP contribution in [0.15, 0.2) is 69.0 Å². The number of aromatic carboxylic acids is 2. The van der Waals surface area contributed by atoms with Gasteiger partial charge in [-0.1, -0.05) is 18.2 Å². The molecule has 1 aliphatic rings. The summed E-state index contributed by atoms with van der Waals surface area (Å²) in [6, 6.07) is 14.8. The maximum Gasteiger partial charge on any atom is 0.336 e. The molecule has 1 saturated heterocycles. The summed E-state index contributed by atoms with van der Waals surface area (Å²) < 4.78 is 12.4. The standard InChI is InChI=1S/C29H25BrN2O7S/c1-4-38-23-13-18(12-21(30)25(23)39-15-17-8-10-19(11-9-17)27(34)35)14-24-26(33)32(3)29(40-24)31-22-7-5-6-20(16(22)2)28(36)37/h5-14H,4,15H2,1-3H3,(H,34,35)(H,36,37)/b24-14-,31-29?. The molecule has 11 heteroatoms. The number of rotatable bonds is 9. The van der Waals surface area contributed by atoms with Gasteiger partial charge in [-0.3, -0.25) is 9.69 Å². The van der Waals surface area contributed by atoms with E-state index in [4.69, 9.17) is 14.6 Å². The zero-order valence-electron chi connectivity index (χ0n) is 21.8. The molecular weight excluding hydrogens is 600 g/mol. The smallest absolute Gasteiger partial charge is 0.336 e. The molecule has 3 aromatic rings. The van der Waals surface area contributed by atoms with Gasteiger partial charge in [0.1, 0.15) is 6.61 Å². The summed E-state index contributed by atoms with van der Waals surface area (Å²) in [4.78, 5) is 42.0. The first kappa shape index (κ1) is 28.9. The van der Waals surface area contributed by atoms with Gasteiger partial charge < -0.3 is 19.7 Å². The number of nitrogens with zero attached hydrogens (tertiary/aromatic N) is 2. The van der Waals surface area contributed by atoms with Crippen molar-refractivity contribution >= 4 is 62.5 Å². The van der Waals surface area contributed by atoms with Gasteiger partial charge in [0.2, 0.25) is 0 Å². The van der Waals surface area contributed by atoms with Crippen LogP contribution in [0.1, 0.15) is 44.3 Å².